The number of allylic oxidation sites excluding steroid dienone is 6. The van der Waals surface area contributed by atoms with Gasteiger partial charge in [0.05, 0.1) is 6.61 Å². The maximum atomic E-state index is 12.5. The number of phosphoric ester groups is 1. The van der Waals surface area contributed by atoms with Gasteiger partial charge in [0, 0.05) is 20.0 Å². The molecule has 292 valence electrons. The number of phosphoric acid groups is 1. The number of ether oxygens (including phenoxy) is 2. The van der Waals surface area contributed by atoms with Crippen molar-refractivity contribution in [2.45, 2.75) is 193 Å². The molecule has 0 amide bonds. The Morgan fingerprint density at radius 3 is 1.52 bits per heavy atom. The summed E-state index contributed by atoms with van der Waals surface area (Å²) in [4.78, 5) is 34.4. The molecule has 0 rings (SSSR count). The third-order valence-corrected chi connectivity index (χ3v) is 9.59. The number of carbonyl (C=O) groups excluding carboxylic acids is 2. The SMILES string of the molecule is CC/C=C\C/C=C\C/C=C\CCCCCCCC(=O)OC(COC(=O)CCCCCCCCCCCCCCCCCC)COP(=O)(O)OC. The molecule has 0 aromatic carbocycles. The largest absolute Gasteiger partial charge is 0.472 e. The Morgan fingerprint density at radius 2 is 1.02 bits per heavy atom. The van der Waals surface area contributed by atoms with Crippen LogP contribution in [0.3, 0.4) is 0 Å². The van der Waals surface area contributed by atoms with Crippen LogP contribution in [0.5, 0.6) is 0 Å². The highest BCUT2D eigenvalue weighted by atomic mass is 31.2. The molecule has 0 aliphatic rings. The van der Waals surface area contributed by atoms with E-state index in [0.29, 0.717) is 12.8 Å². The van der Waals surface area contributed by atoms with E-state index in [1.807, 2.05) is 0 Å². The summed E-state index contributed by atoms with van der Waals surface area (Å²) in [5, 5.41) is 0. The molecule has 0 bridgehead atoms. The van der Waals surface area contributed by atoms with E-state index in [-0.39, 0.29) is 19.0 Å². The summed E-state index contributed by atoms with van der Waals surface area (Å²) >= 11 is 0. The van der Waals surface area contributed by atoms with Crippen LogP contribution in [0.4, 0.5) is 0 Å². The minimum Gasteiger partial charge on any atom is -0.462 e. The summed E-state index contributed by atoms with van der Waals surface area (Å²) in [6.07, 6.45) is 41.9. The van der Waals surface area contributed by atoms with Gasteiger partial charge in [-0.3, -0.25) is 18.6 Å². The molecule has 0 fully saturated rings. The summed E-state index contributed by atoms with van der Waals surface area (Å²) in [6.45, 7) is 3.77. The van der Waals surface area contributed by atoms with Gasteiger partial charge in [0.25, 0.3) is 0 Å². The van der Waals surface area contributed by atoms with Gasteiger partial charge in [-0.05, 0) is 44.9 Å². The van der Waals surface area contributed by atoms with E-state index in [1.54, 1.807) is 0 Å². The molecule has 0 aliphatic carbocycles. The standard InChI is InChI=1S/C41H75O8P/c1-4-6-8-10-12-14-16-18-20-22-23-25-27-29-31-33-35-40(42)47-37-39(38-48-50(44,45)46-3)49-41(43)36-34-32-30-28-26-24-21-19-17-15-13-11-9-7-5-2/h7,9,13,15,19,21,39H,4-6,8,10-12,14,16-18,20,22-38H2,1-3H3,(H,44,45)/b9-7-,15-13-,21-19-. The van der Waals surface area contributed by atoms with Gasteiger partial charge in [-0.15, -0.1) is 0 Å². The molecular formula is C41H75O8P. The fourth-order valence-electron chi connectivity index (χ4n) is 5.55. The molecule has 2 unspecified atom stereocenters. The minimum atomic E-state index is -4.26. The molecule has 8 nitrogen and oxygen atoms in total. The summed E-state index contributed by atoms with van der Waals surface area (Å²) in [5.74, 6) is -0.819. The zero-order valence-corrected chi connectivity index (χ0v) is 33.2. The molecule has 0 aromatic rings. The van der Waals surface area contributed by atoms with Crippen molar-refractivity contribution in [3.8, 4) is 0 Å². The van der Waals surface area contributed by atoms with Crippen LogP contribution in [-0.2, 0) is 32.7 Å². The van der Waals surface area contributed by atoms with Crippen LogP contribution in [0, 0.1) is 0 Å². The fraction of sp³-hybridized carbons (Fsp3) is 0.805. The number of unbranched alkanes of at least 4 members (excludes halogenated alkanes) is 20. The Bertz CT molecular complexity index is 916. The van der Waals surface area contributed by atoms with Gasteiger partial charge in [-0.2, -0.15) is 0 Å². The monoisotopic (exact) mass is 727 g/mol. The zero-order valence-electron chi connectivity index (χ0n) is 32.3. The zero-order chi connectivity index (χ0) is 36.8. The lowest BCUT2D eigenvalue weighted by Crippen LogP contribution is -2.29. The highest BCUT2D eigenvalue weighted by Crippen LogP contribution is 2.42. The van der Waals surface area contributed by atoms with Gasteiger partial charge in [0.1, 0.15) is 6.61 Å². The first-order chi connectivity index (χ1) is 24.3. The topological polar surface area (TPSA) is 108 Å². The van der Waals surface area contributed by atoms with Crippen molar-refractivity contribution >= 4 is 19.8 Å². The molecule has 0 aliphatic heterocycles. The summed E-state index contributed by atoms with van der Waals surface area (Å²) in [5.41, 5.74) is 0. The first-order valence-corrected chi connectivity index (χ1v) is 21.7. The molecule has 0 radical (unpaired) electrons. The Morgan fingerprint density at radius 1 is 0.580 bits per heavy atom. The van der Waals surface area contributed by atoms with E-state index in [9.17, 15) is 19.0 Å². The van der Waals surface area contributed by atoms with Crippen LogP contribution in [-0.4, -0.2) is 43.3 Å². The van der Waals surface area contributed by atoms with Gasteiger partial charge in [0.15, 0.2) is 6.10 Å². The van der Waals surface area contributed by atoms with E-state index in [0.717, 1.165) is 77.7 Å². The lowest BCUT2D eigenvalue weighted by atomic mass is 10.0. The van der Waals surface area contributed by atoms with Crippen molar-refractivity contribution in [3.05, 3.63) is 36.5 Å². The van der Waals surface area contributed by atoms with Crippen LogP contribution >= 0.6 is 7.82 Å². The predicted octanol–water partition coefficient (Wildman–Crippen LogP) is 12.4. The number of hydrogen-bond acceptors (Lipinski definition) is 7. The highest BCUT2D eigenvalue weighted by molar-refractivity contribution is 7.47. The lowest BCUT2D eigenvalue weighted by molar-refractivity contribution is -0.161. The average molecular weight is 727 g/mol. The molecule has 1 N–H and O–H groups in total. The molecule has 2 atom stereocenters. The van der Waals surface area contributed by atoms with E-state index in [1.165, 1.54) is 83.5 Å². The Kier molecular flexibility index (Phi) is 35.8. The van der Waals surface area contributed by atoms with Crippen molar-refractivity contribution in [1.82, 2.24) is 0 Å². The first-order valence-electron chi connectivity index (χ1n) is 20.2. The van der Waals surface area contributed by atoms with E-state index >= 15 is 0 Å². The van der Waals surface area contributed by atoms with Crippen molar-refractivity contribution < 1.29 is 37.6 Å². The summed E-state index contributed by atoms with van der Waals surface area (Å²) in [6, 6.07) is 0. The second-order valence-corrected chi connectivity index (χ2v) is 15.0. The van der Waals surface area contributed by atoms with Crippen molar-refractivity contribution in [3.63, 3.8) is 0 Å². The smallest absolute Gasteiger partial charge is 0.462 e. The molecule has 0 saturated heterocycles. The quantitative estimate of drug-likeness (QED) is 0.0292. The average Bonchev–Trinajstić information content (AvgIpc) is 3.10. The Hall–Kier alpha value is -1.73. The maximum Gasteiger partial charge on any atom is 0.472 e. The highest BCUT2D eigenvalue weighted by Gasteiger charge is 2.24. The minimum absolute atomic E-state index is 0.227. The van der Waals surface area contributed by atoms with E-state index in [4.69, 9.17) is 14.0 Å². The van der Waals surface area contributed by atoms with E-state index in [2.05, 4.69) is 54.8 Å². The number of esters is 2. The van der Waals surface area contributed by atoms with Crippen LogP contribution in [0.15, 0.2) is 36.5 Å². The fourth-order valence-corrected chi connectivity index (χ4v) is 6.01. The Labute approximate surface area is 306 Å². The normalized spacial score (nSPS) is 13.8. The molecular weight excluding hydrogens is 651 g/mol. The molecule has 0 aromatic heterocycles. The number of rotatable bonds is 37. The first kappa shape index (κ1) is 48.3. The number of carbonyl (C=O) groups is 2. The van der Waals surface area contributed by atoms with Gasteiger partial charge < -0.3 is 14.4 Å². The molecule has 0 saturated carbocycles. The molecule has 50 heavy (non-hydrogen) atoms. The van der Waals surface area contributed by atoms with Crippen LogP contribution < -0.4 is 0 Å². The molecule has 0 spiro atoms. The lowest BCUT2D eigenvalue weighted by Gasteiger charge is -2.19. The number of hydrogen-bond donors (Lipinski definition) is 1. The van der Waals surface area contributed by atoms with E-state index < -0.39 is 26.5 Å². The van der Waals surface area contributed by atoms with Gasteiger partial charge in [0.2, 0.25) is 0 Å². The van der Waals surface area contributed by atoms with Crippen LogP contribution in [0.1, 0.15) is 187 Å². The third kappa shape index (κ3) is 36.1. The second kappa shape index (κ2) is 37.0. The summed E-state index contributed by atoms with van der Waals surface area (Å²) in [7, 11) is -3.20. The van der Waals surface area contributed by atoms with Crippen molar-refractivity contribution in [2.75, 3.05) is 20.3 Å². The van der Waals surface area contributed by atoms with Gasteiger partial charge in [-0.1, -0.05) is 166 Å². The predicted molar refractivity (Wildman–Crippen MR) is 207 cm³/mol. The second-order valence-electron chi connectivity index (χ2n) is 13.4. The van der Waals surface area contributed by atoms with Crippen molar-refractivity contribution in [1.29, 1.82) is 0 Å². The van der Waals surface area contributed by atoms with Crippen LogP contribution in [0.2, 0.25) is 0 Å². The molecule has 0 heterocycles. The van der Waals surface area contributed by atoms with Crippen molar-refractivity contribution in [2.24, 2.45) is 0 Å². The maximum absolute atomic E-state index is 12.5. The summed E-state index contributed by atoms with van der Waals surface area (Å²) < 4.78 is 31.9. The molecule has 9 heteroatoms. The Balaban J connectivity index is 4.03. The van der Waals surface area contributed by atoms with Crippen LogP contribution in [0.25, 0.3) is 0 Å². The van der Waals surface area contributed by atoms with Gasteiger partial charge in [-0.25, -0.2) is 4.57 Å². The van der Waals surface area contributed by atoms with Gasteiger partial charge >= 0.3 is 19.8 Å². The third-order valence-electron chi connectivity index (χ3n) is 8.65.